The van der Waals surface area contributed by atoms with Gasteiger partial charge in [-0.05, 0) is 43.4 Å². The van der Waals surface area contributed by atoms with Gasteiger partial charge in [-0.15, -0.1) is 0 Å². The highest BCUT2D eigenvalue weighted by Gasteiger charge is 2.46. The Morgan fingerprint density at radius 1 is 1.14 bits per heavy atom. The van der Waals surface area contributed by atoms with Crippen LogP contribution in [0, 0.1) is 0 Å². The largest absolute Gasteiger partial charge is 0.493 e. The van der Waals surface area contributed by atoms with Crippen LogP contribution in [0.25, 0.3) is 0 Å². The van der Waals surface area contributed by atoms with Gasteiger partial charge in [0, 0.05) is 6.04 Å². The SMILES string of the molecule is COc1ccc(C2(NC(=O)NC3CCCC3)CC2)cc1OC. The standard InChI is InChI=1S/C17H24N2O3/c1-21-14-8-7-12(11-15(14)22-2)17(9-10-17)19-16(20)18-13-5-3-4-6-13/h7-8,11,13H,3-6,9-10H2,1-2H3,(H2,18,19,20). The third kappa shape index (κ3) is 2.98. The maximum absolute atomic E-state index is 12.2. The maximum Gasteiger partial charge on any atom is 0.315 e. The fourth-order valence-corrected chi connectivity index (χ4v) is 3.25. The number of urea groups is 1. The van der Waals surface area contributed by atoms with E-state index in [1.54, 1.807) is 14.2 Å². The highest BCUT2D eigenvalue weighted by molar-refractivity contribution is 5.76. The average Bonchev–Trinajstić information content (AvgIpc) is 3.12. The normalized spacial score (nSPS) is 19.5. The van der Waals surface area contributed by atoms with E-state index in [0.29, 0.717) is 17.5 Å². The van der Waals surface area contributed by atoms with Gasteiger partial charge in [0.05, 0.1) is 19.8 Å². The van der Waals surface area contributed by atoms with E-state index in [1.165, 1.54) is 12.8 Å². The van der Waals surface area contributed by atoms with Gasteiger partial charge < -0.3 is 20.1 Å². The summed E-state index contributed by atoms with van der Waals surface area (Å²) >= 11 is 0. The molecule has 22 heavy (non-hydrogen) atoms. The zero-order valence-corrected chi connectivity index (χ0v) is 13.3. The summed E-state index contributed by atoms with van der Waals surface area (Å²) in [5.41, 5.74) is 0.828. The van der Waals surface area contributed by atoms with E-state index >= 15 is 0 Å². The molecule has 5 nitrogen and oxygen atoms in total. The predicted molar refractivity (Wildman–Crippen MR) is 84.4 cm³/mol. The molecule has 0 saturated heterocycles. The molecule has 0 radical (unpaired) electrons. The van der Waals surface area contributed by atoms with Crippen molar-refractivity contribution in [3.05, 3.63) is 23.8 Å². The molecule has 2 fully saturated rings. The van der Waals surface area contributed by atoms with Crippen molar-refractivity contribution in [1.82, 2.24) is 10.6 Å². The Kier molecular flexibility index (Phi) is 4.14. The van der Waals surface area contributed by atoms with Crippen molar-refractivity contribution < 1.29 is 14.3 Å². The Morgan fingerprint density at radius 3 is 2.41 bits per heavy atom. The molecule has 0 bridgehead atoms. The van der Waals surface area contributed by atoms with Gasteiger partial charge >= 0.3 is 6.03 Å². The predicted octanol–water partition coefficient (Wildman–Crippen LogP) is 2.93. The van der Waals surface area contributed by atoms with E-state index in [0.717, 1.165) is 31.2 Å². The van der Waals surface area contributed by atoms with Crippen molar-refractivity contribution in [1.29, 1.82) is 0 Å². The van der Waals surface area contributed by atoms with Crippen molar-refractivity contribution in [3.8, 4) is 11.5 Å². The number of ether oxygens (including phenoxy) is 2. The molecule has 2 N–H and O–H groups in total. The summed E-state index contributed by atoms with van der Waals surface area (Å²) in [6, 6.07) is 6.14. The number of rotatable bonds is 5. The first kappa shape index (κ1) is 15.0. The van der Waals surface area contributed by atoms with Crippen LogP contribution in [0.2, 0.25) is 0 Å². The lowest BCUT2D eigenvalue weighted by Crippen LogP contribution is -2.45. The topological polar surface area (TPSA) is 59.6 Å². The molecule has 5 heteroatoms. The Hall–Kier alpha value is -1.91. The monoisotopic (exact) mass is 304 g/mol. The summed E-state index contributed by atoms with van der Waals surface area (Å²) in [6.07, 6.45) is 6.53. The Balaban J connectivity index is 1.69. The molecule has 2 aliphatic rings. The minimum atomic E-state index is -0.248. The second-order valence-electron chi connectivity index (χ2n) is 6.23. The summed E-state index contributed by atoms with van der Waals surface area (Å²) in [6.45, 7) is 0. The molecule has 0 aliphatic heterocycles. The van der Waals surface area contributed by atoms with Crippen molar-refractivity contribution in [3.63, 3.8) is 0 Å². The van der Waals surface area contributed by atoms with E-state index in [2.05, 4.69) is 10.6 Å². The minimum Gasteiger partial charge on any atom is -0.493 e. The molecule has 2 amide bonds. The third-order valence-electron chi connectivity index (χ3n) is 4.73. The van der Waals surface area contributed by atoms with Gasteiger partial charge in [0.15, 0.2) is 11.5 Å². The second kappa shape index (κ2) is 6.07. The van der Waals surface area contributed by atoms with Crippen LogP contribution in [-0.2, 0) is 5.54 Å². The van der Waals surface area contributed by atoms with Crippen LogP contribution in [-0.4, -0.2) is 26.3 Å². The van der Waals surface area contributed by atoms with Crippen LogP contribution < -0.4 is 20.1 Å². The Morgan fingerprint density at radius 2 is 1.82 bits per heavy atom. The first-order valence-corrected chi connectivity index (χ1v) is 7.98. The maximum atomic E-state index is 12.2. The van der Waals surface area contributed by atoms with Crippen LogP contribution in [0.3, 0.4) is 0 Å². The lowest BCUT2D eigenvalue weighted by molar-refractivity contribution is 0.232. The molecule has 0 heterocycles. The lowest BCUT2D eigenvalue weighted by Gasteiger charge is -2.21. The van der Waals surface area contributed by atoms with Gasteiger partial charge in [-0.3, -0.25) is 0 Å². The smallest absolute Gasteiger partial charge is 0.315 e. The minimum absolute atomic E-state index is 0.0563. The van der Waals surface area contributed by atoms with Crippen LogP contribution in [0.5, 0.6) is 11.5 Å². The number of methoxy groups -OCH3 is 2. The van der Waals surface area contributed by atoms with Crippen LogP contribution in [0.1, 0.15) is 44.1 Å². The van der Waals surface area contributed by atoms with Crippen molar-refractivity contribution >= 4 is 6.03 Å². The van der Waals surface area contributed by atoms with Gasteiger partial charge in [0.25, 0.3) is 0 Å². The van der Waals surface area contributed by atoms with Crippen LogP contribution >= 0.6 is 0 Å². The van der Waals surface area contributed by atoms with Gasteiger partial charge in [0.2, 0.25) is 0 Å². The van der Waals surface area contributed by atoms with Crippen molar-refractivity contribution in [2.45, 2.75) is 50.1 Å². The summed E-state index contributed by atoms with van der Waals surface area (Å²) in [4.78, 5) is 12.2. The molecule has 2 aliphatic carbocycles. The molecule has 1 aromatic carbocycles. The van der Waals surface area contributed by atoms with Crippen molar-refractivity contribution in [2.24, 2.45) is 0 Å². The summed E-state index contributed by atoms with van der Waals surface area (Å²) in [5, 5.41) is 6.24. The van der Waals surface area contributed by atoms with Gasteiger partial charge in [-0.2, -0.15) is 0 Å². The molecular formula is C17H24N2O3. The average molecular weight is 304 g/mol. The summed E-state index contributed by atoms with van der Waals surface area (Å²) in [7, 11) is 3.25. The van der Waals surface area contributed by atoms with Gasteiger partial charge in [-0.25, -0.2) is 4.79 Å². The zero-order valence-electron chi connectivity index (χ0n) is 13.3. The fourth-order valence-electron chi connectivity index (χ4n) is 3.25. The van der Waals surface area contributed by atoms with E-state index < -0.39 is 0 Å². The van der Waals surface area contributed by atoms with Gasteiger partial charge in [-0.1, -0.05) is 18.9 Å². The molecule has 0 aromatic heterocycles. The first-order chi connectivity index (χ1) is 10.7. The lowest BCUT2D eigenvalue weighted by atomic mass is 10.0. The highest BCUT2D eigenvalue weighted by atomic mass is 16.5. The number of carbonyl (C=O) groups is 1. The Bertz CT molecular complexity index is 549. The molecule has 120 valence electrons. The highest BCUT2D eigenvalue weighted by Crippen LogP contribution is 2.47. The number of benzene rings is 1. The fraction of sp³-hybridized carbons (Fsp3) is 0.588. The van der Waals surface area contributed by atoms with E-state index in [4.69, 9.17) is 9.47 Å². The molecule has 0 spiro atoms. The van der Waals surface area contributed by atoms with E-state index in [-0.39, 0.29) is 11.6 Å². The van der Waals surface area contributed by atoms with Gasteiger partial charge in [0.1, 0.15) is 0 Å². The van der Waals surface area contributed by atoms with Crippen molar-refractivity contribution in [2.75, 3.05) is 14.2 Å². The number of hydrogen-bond donors (Lipinski definition) is 2. The quantitative estimate of drug-likeness (QED) is 0.879. The van der Waals surface area contributed by atoms with Crippen LogP contribution in [0.15, 0.2) is 18.2 Å². The molecule has 3 rings (SSSR count). The third-order valence-corrected chi connectivity index (χ3v) is 4.73. The number of hydrogen-bond acceptors (Lipinski definition) is 3. The number of amides is 2. The number of nitrogens with one attached hydrogen (secondary N) is 2. The first-order valence-electron chi connectivity index (χ1n) is 7.98. The molecular weight excluding hydrogens is 280 g/mol. The molecule has 1 aromatic rings. The van der Waals surface area contributed by atoms with E-state index in [1.807, 2.05) is 18.2 Å². The Labute approximate surface area is 131 Å². The molecule has 2 saturated carbocycles. The van der Waals surface area contributed by atoms with E-state index in [9.17, 15) is 4.79 Å². The molecule has 0 atom stereocenters. The summed E-state index contributed by atoms with van der Waals surface area (Å²) < 4.78 is 10.6. The zero-order chi connectivity index (χ0) is 15.6. The van der Waals surface area contributed by atoms with Crippen LogP contribution in [0.4, 0.5) is 4.79 Å². The second-order valence-corrected chi connectivity index (χ2v) is 6.23. The summed E-state index contributed by atoms with van der Waals surface area (Å²) in [5.74, 6) is 1.40. The molecule has 0 unspecified atom stereocenters. The number of carbonyl (C=O) groups excluding carboxylic acids is 1.